The molecule has 0 radical (unpaired) electrons. The summed E-state index contributed by atoms with van der Waals surface area (Å²) in [4.78, 5) is 38.3. The molecule has 5 fully saturated rings. The fraction of sp³-hybridized carbons (Fsp3) is 0.609. The Morgan fingerprint density at radius 1 is 1.25 bits per heavy atom. The first-order valence-electron chi connectivity index (χ1n) is 10.7. The molecule has 7 unspecified atom stereocenters. The molecule has 0 aliphatic carbocycles. The quantitative estimate of drug-likeness (QED) is 0.293. The molecule has 0 amide bonds. The fourth-order valence-electron chi connectivity index (χ4n) is 5.88. The van der Waals surface area contributed by atoms with Crippen LogP contribution in [0.5, 0.6) is 0 Å². The summed E-state index contributed by atoms with van der Waals surface area (Å²) in [5.74, 6) is -2.05. The predicted molar refractivity (Wildman–Crippen MR) is 107 cm³/mol. The average Bonchev–Trinajstić information content (AvgIpc) is 3.26. The molecular weight excluding hydrogens is 420 g/mol. The van der Waals surface area contributed by atoms with E-state index in [-0.39, 0.29) is 17.6 Å². The smallest absolute Gasteiger partial charge is 0.337 e. The molecule has 5 saturated heterocycles. The van der Waals surface area contributed by atoms with Crippen molar-refractivity contribution in [1.82, 2.24) is 0 Å². The van der Waals surface area contributed by atoms with Crippen LogP contribution < -0.4 is 0 Å². The number of fused-ring (bicyclic) bond motifs is 2. The van der Waals surface area contributed by atoms with Crippen molar-refractivity contribution in [2.75, 3.05) is 6.61 Å². The van der Waals surface area contributed by atoms with E-state index in [4.69, 9.17) is 23.7 Å². The fourth-order valence-corrected chi connectivity index (χ4v) is 5.88. The minimum absolute atomic E-state index is 0.00844. The minimum atomic E-state index is -1.59. The summed E-state index contributed by atoms with van der Waals surface area (Å²) in [6.07, 6.45) is 0.119. The first-order valence-corrected chi connectivity index (χ1v) is 10.7. The Kier molecular flexibility index (Phi) is 4.21. The van der Waals surface area contributed by atoms with Crippen molar-refractivity contribution in [2.45, 2.75) is 80.7 Å². The van der Waals surface area contributed by atoms with Gasteiger partial charge in [-0.15, -0.1) is 0 Å². The highest BCUT2D eigenvalue weighted by atomic mass is 16.7. The molecule has 2 spiro atoms. The van der Waals surface area contributed by atoms with Crippen LogP contribution in [0.25, 0.3) is 0 Å². The van der Waals surface area contributed by atoms with E-state index in [1.165, 1.54) is 0 Å². The first kappa shape index (κ1) is 21.4. The first-order chi connectivity index (χ1) is 15.0. The normalized spacial score (nSPS) is 47.4. The highest BCUT2D eigenvalue weighted by molar-refractivity contribution is 5.96. The second-order valence-electron chi connectivity index (χ2n) is 9.56. The number of rotatable bonds is 3. The van der Waals surface area contributed by atoms with Gasteiger partial charge in [0.1, 0.15) is 23.4 Å². The largest absolute Gasteiger partial charge is 0.455 e. The Labute approximate surface area is 185 Å². The second-order valence-corrected chi connectivity index (χ2v) is 9.56. The van der Waals surface area contributed by atoms with Crippen molar-refractivity contribution in [2.24, 2.45) is 0 Å². The van der Waals surface area contributed by atoms with E-state index >= 15 is 0 Å². The Morgan fingerprint density at radius 2 is 1.97 bits per heavy atom. The van der Waals surface area contributed by atoms with Crippen molar-refractivity contribution in [3.63, 3.8) is 0 Å². The van der Waals surface area contributed by atoms with Gasteiger partial charge in [0.25, 0.3) is 0 Å². The SMILES string of the molecule is C=C(CO)C(=O)OC1CC2(C)OC(=O)C(=CC)C23CCC2(C)OC2C2OC(=O)C(=C)C12O3. The van der Waals surface area contributed by atoms with Crippen molar-refractivity contribution < 1.29 is 43.2 Å². The van der Waals surface area contributed by atoms with Crippen molar-refractivity contribution in [1.29, 1.82) is 0 Å². The minimum Gasteiger partial charge on any atom is -0.455 e. The third-order valence-corrected chi connectivity index (χ3v) is 7.81. The van der Waals surface area contributed by atoms with E-state index in [1.54, 1.807) is 19.9 Å². The number of aliphatic hydroxyl groups is 1. The molecule has 2 bridgehead atoms. The summed E-state index contributed by atoms with van der Waals surface area (Å²) >= 11 is 0. The van der Waals surface area contributed by atoms with Gasteiger partial charge in [0.15, 0.2) is 11.7 Å². The lowest BCUT2D eigenvalue weighted by molar-refractivity contribution is -0.288. The maximum Gasteiger partial charge on any atom is 0.337 e. The average molecular weight is 446 g/mol. The molecule has 5 aliphatic rings. The van der Waals surface area contributed by atoms with Crippen LogP contribution in [0.4, 0.5) is 0 Å². The van der Waals surface area contributed by atoms with Crippen LogP contribution in [0, 0.1) is 0 Å². The maximum absolute atomic E-state index is 12.9. The lowest BCUT2D eigenvalue weighted by Gasteiger charge is -2.56. The van der Waals surface area contributed by atoms with Gasteiger partial charge in [-0.05, 0) is 33.6 Å². The molecule has 172 valence electrons. The van der Waals surface area contributed by atoms with Gasteiger partial charge in [-0.1, -0.05) is 19.2 Å². The topological polar surface area (TPSA) is 121 Å². The number of epoxide rings is 1. The molecule has 9 nitrogen and oxygen atoms in total. The van der Waals surface area contributed by atoms with Crippen molar-refractivity contribution in [3.8, 4) is 0 Å². The number of aliphatic hydroxyl groups excluding tert-OH is 1. The monoisotopic (exact) mass is 446 g/mol. The summed E-state index contributed by atoms with van der Waals surface area (Å²) in [6.45, 7) is 12.2. The number of ether oxygens (including phenoxy) is 5. The van der Waals surface area contributed by atoms with Crippen LogP contribution in [0.1, 0.15) is 40.0 Å². The van der Waals surface area contributed by atoms with Gasteiger partial charge >= 0.3 is 17.9 Å². The third kappa shape index (κ3) is 2.36. The van der Waals surface area contributed by atoms with Gasteiger partial charge in [0.2, 0.25) is 0 Å². The van der Waals surface area contributed by atoms with Crippen LogP contribution in [-0.4, -0.2) is 70.3 Å². The van der Waals surface area contributed by atoms with Crippen LogP contribution in [0.3, 0.4) is 0 Å². The van der Waals surface area contributed by atoms with Crippen LogP contribution in [0.2, 0.25) is 0 Å². The molecule has 5 heterocycles. The van der Waals surface area contributed by atoms with E-state index in [2.05, 4.69) is 13.2 Å². The summed E-state index contributed by atoms with van der Waals surface area (Å²) in [6, 6.07) is 0. The molecule has 7 atom stereocenters. The predicted octanol–water partition coefficient (Wildman–Crippen LogP) is 1.04. The number of carbonyl (C=O) groups excluding carboxylic acids is 3. The zero-order valence-electron chi connectivity index (χ0n) is 18.3. The van der Waals surface area contributed by atoms with E-state index in [0.717, 1.165) is 0 Å². The van der Waals surface area contributed by atoms with Gasteiger partial charge in [0, 0.05) is 6.42 Å². The molecular formula is C23H26O9. The third-order valence-electron chi connectivity index (χ3n) is 7.81. The highest BCUT2D eigenvalue weighted by Gasteiger charge is 2.80. The number of allylic oxidation sites excluding steroid dienone is 1. The van der Waals surface area contributed by atoms with Crippen LogP contribution in [-0.2, 0) is 38.1 Å². The Hall–Kier alpha value is -2.49. The van der Waals surface area contributed by atoms with Gasteiger partial charge < -0.3 is 28.8 Å². The van der Waals surface area contributed by atoms with Crippen molar-refractivity contribution in [3.05, 3.63) is 36.0 Å². The molecule has 0 aromatic carbocycles. The molecule has 0 saturated carbocycles. The Balaban J connectivity index is 1.71. The van der Waals surface area contributed by atoms with E-state index in [9.17, 15) is 19.5 Å². The molecule has 0 aromatic heterocycles. The van der Waals surface area contributed by atoms with Crippen molar-refractivity contribution >= 4 is 17.9 Å². The van der Waals surface area contributed by atoms with Gasteiger partial charge in [-0.25, -0.2) is 14.4 Å². The van der Waals surface area contributed by atoms with E-state index in [1.807, 2.05) is 6.92 Å². The second kappa shape index (κ2) is 6.30. The van der Waals surface area contributed by atoms with Crippen LogP contribution in [0.15, 0.2) is 36.0 Å². The molecule has 5 rings (SSSR count). The Morgan fingerprint density at radius 3 is 2.62 bits per heavy atom. The summed E-state index contributed by atoms with van der Waals surface area (Å²) < 4.78 is 30.0. The number of hydrogen-bond acceptors (Lipinski definition) is 9. The summed E-state index contributed by atoms with van der Waals surface area (Å²) in [5, 5.41) is 9.33. The number of hydrogen-bond donors (Lipinski definition) is 1. The summed E-state index contributed by atoms with van der Waals surface area (Å²) in [7, 11) is 0. The lowest BCUT2D eigenvalue weighted by atomic mass is 9.64. The number of carbonyl (C=O) groups is 3. The lowest BCUT2D eigenvalue weighted by Crippen LogP contribution is -2.71. The number of esters is 3. The molecule has 32 heavy (non-hydrogen) atoms. The van der Waals surface area contributed by atoms with E-state index in [0.29, 0.717) is 18.4 Å². The molecule has 9 heteroatoms. The molecule has 1 N–H and O–H groups in total. The van der Waals surface area contributed by atoms with Gasteiger partial charge in [0.05, 0.1) is 28.9 Å². The highest BCUT2D eigenvalue weighted by Crippen LogP contribution is 2.64. The maximum atomic E-state index is 12.9. The Bertz CT molecular complexity index is 1010. The zero-order valence-corrected chi connectivity index (χ0v) is 18.3. The summed E-state index contributed by atoms with van der Waals surface area (Å²) in [5.41, 5.74) is -4.42. The van der Waals surface area contributed by atoms with E-state index < -0.39 is 65.2 Å². The molecule has 0 aromatic rings. The van der Waals surface area contributed by atoms with Gasteiger partial charge in [-0.2, -0.15) is 0 Å². The molecule has 5 aliphatic heterocycles. The van der Waals surface area contributed by atoms with Gasteiger partial charge in [-0.3, -0.25) is 0 Å². The van der Waals surface area contributed by atoms with Crippen LogP contribution >= 0.6 is 0 Å². The standard InChI is InChI=1S/C23H26O9/c1-6-13-19(27)31-21(5)9-14(28-17(25)11(2)10-24)23-12(3)18(26)29-16(23)15-20(4,30-15)7-8-22(13,21)32-23/h6,14-16,24H,2-3,7-10H2,1,4-5H3. The zero-order chi connectivity index (χ0) is 23.3.